The number of carbonyl (C=O) groups is 1. The van der Waals surface area contributed by atoms with Gasteiger partial charge >= 0.3 is 0 Å². The highest BCUT2D eigenvalue weighted by Gasteiger charge is 2.21. The predicted octanol–water partition coefficient (Wildman–Crippen LogP) is 4.18. The van der Waals surface area contributed by atoms with E-state index in [2.05, 4.69) is 4.98 Å². The fraction of sp³-hybridized carbons (Fsp3) is 0.263. The number of pyridine rings is 1. The van der Waals surface area contributed by atoms with Gasteiger partial charge in [-0.15, -0.1) is 11.3 Å². The standard InChI is InChI=1S/C19H20N2O2S/c1-10-5-6-14(11(2)7-10)17(22)18-16(20)15-12(3)8-13(9-23-4)21-19(15)24-18/h5-8H,9,20H2,1-4H3. The fourth-order valence-corrected chi connectivity index (χ4v) is 4.10. The number of aromatic nitrogens is 1. The number of nitrogens with two attached hydrogens (primary N) is 1. The number of nitrogens with zero attached hydrogens (tertiary/aromatic N) is 1. The number of ether oxygens (including phenoxy) is 1. The highest BCUT2D eigenvalue weighted by atomic mass is 32.1. The first kappa shape index (κ1) is 16.6. The maximum Gasteiger partial charge on any atom is 0.205 e. The van der Waals surface area contributed by atoms with E-state index in [4.69, 9.17) is 10.5 Å². The molecular weight excluding hydrogens is 320 g/mol. The number of benzene rings is 1. The Morgan fingerprint density at radius 1 is 1.21 bits per heavy atom. The molecule has 0 aliphatic carbocycles. The van der Waals surface area contributed by atoms with E-state index in [-0.39, 0.29) is 5.78 Å². The molecule has 0 aliphatic rings. The van der Waals surface area contributed by atoms with Gasteiger partial charge < -0.3 is 10.5 Å². The van der Waals surface area contributed by atoms with Crippen LogP contribution in [0.1, 0.15) is 37.6 Å². The Labute approximate surface area is 145 Å². The van der Waals surface area contributed by atoms with E-state index in [1.54, 1.807) is 7.11 Å². The highest BCUT2D eigenvalue weighted by Crippen LogP contribution is 2.36. The molecule has 0 unspecified atom stereocenters. The average Bonchev–Trinajstić information content (AvgIpc) is 2.84. The first-order chi connectivity index (χ1) is 11.4. The molecule has 0 spiro atoms. The van der Waals surface area contributed by atoms with E-state index in [1.165, 1.54) is 11.3 Å². The quantitative estimate of drug-likeness (QED) is 0.724. The molecule has 0 radical (unpaired) electrons. The maximum atomic E-state index is 13.0. The average molecular weight is 340 g/mol. The molecule has 124 valence electrons. The molecule has 0 aliphatic heterocycles. The number of thiophene rings is 1. The Hall–Kier alpha value is -2.24. The van der Waals surface area contributed by atoms with Crippen LogP contribution in [0.3, 0.4) is 0 Å². The van der Waals surface area contributed by atoms with E-state index in [0.29, 0.717) is 22.7 Å². The molecule has 3 rings (SSSR count). The zero-order chi connectivity index (χ0) is 17.4. The number of fused-ring (bicyclic) bond motifs is 1. The van der Waals surface area contributed by atoms with Gasteiger partial charge in [0.2, 0.25) is 5.78 Å². The lowest BCUT2D eigenvalue weighted by atomic mass is 10.0. The van der Waals surface area contributed by atoms with Crippen LogP contribution in [-0.4, -0.2) is 17.9 Å². The summed E-state index contributed by atoms with van der Waals surface area (Å²) in [5.74, 6) is -0.0410. The van der Waals surface area contributed by atoms with Crippen LogP contribution in [-0.2, 0) is 11.3 Å². The monoisotopic (exact) mass is 340 g/mol. The summed E-state index contributed by atoms with van der Waals surface area (Å²) in [5, 5.41) is 0.868. The van der Waals surface area contributed by atoms with E-state index < -0.39 is 0 Å². The summed E-state index contributed by atoms with van der Waals surface area (Å²) < 4.78 is 5.16. The first-order valence-electron chi connectivity index (χ1n) is 7.71. The zero-order valence-electron chi connectivity index (χ0n) is 14.3. The smallest absolute Gasteiger partial charge is 0.205 e. The van der Waals surface area contributed by atoms with Crippen molar-refractivity contribution in [3.8, 4) is 0 Å². The van der Waals surface area contributed by atoms with Crippen LogP contribution >= 0.6 is 11.3 Å². The van der Waals surface area contributed by atoms with E-state index in [9.17, 15) is 4.79 Å². The number of carbonyl (C=O) groups excluding carboxylic acids is 1. The van der Waals surface area contributed by atoms with E-state index >= 15 is 0 Å². The van der Waals surface area contributed by atoms with Crippen LogP contribution in [0.2, 0.25) is 0 Å². The number of nitrogen functional groups attached to an aromatic ring is 1. The predicted molar refractivity (Wildman–Crippen MR) is 98.8 cm³/mol. The Balaban J connectivity index is 2.14. The Morgan fingerprint density at radius 2 is 1.96 bits per heavy atom. The largest absolute Gasteiger partial charge is 0.397 e. The van der Waals surface area contributed by atoms with Crippen molar-refractivity contribution >= 4 is 33.0 Å². The summed E-state index contributed by atoms with van der Waals surface area (Å²) in [6.45, 7) is 6.39. The van der Waals surface area contributed by atoms with Gasteiger partial charge in [0.25, 0.3) is 0 Å². The lowest BCUT2D eigenvalue weighted by Crippen LogP contribution is -2.04. The molecule has 4 nitrogen and oxygen atoms in total. The van der Waals surface area contributed by atoms with Crippen molar-refractivity contribution < 1.29 is 9.53 Å². The molecule has 1 aromatic carbocycles. The van der Waals surface area contributed by atoms with Gasteiger partial charge in [0.15, 0.2) is 0 Å². The zero-order valence-corrected chi connectivity index (χ0v) is 15.1. The van der Waals surface area contributed by atoms with Crippen molar-refractivity contribution in [3.63, 3.8) is 0 Å². The van der Waals surface area contributed by atoms with Crippen molar-refractivity contribution in [2.45, 2.75) is 27.4 Å². The summed E-state index contributed by atoms with van der Waals surface area (Å²) in [5.41, 5.74) is 11.5. The molecule has 0 fully saturated rings. The number of anilines is 1. The van der Waals surface area contributed by atoms with E-state index in [1.807, 2.05) is 45.0 Å². The fourth-order valence-electron chi connectivity index (χ4n) is 2.96. The third kappa shape index (κ3) is 2.81. The normalized spacial score (nSPS) is 11.2. The molecule has 2 heterocycles. The van der Waals surface area contributed by atoms with Crippen LogP contribution in [0.15, 0.2) is 24.3 Å². The lowest BCUT2D eigenvalue weighted by Gasteiger charge is -2.05. The summed E-state index contributed by atoms with van der Waals surface area (Å²) in [6, 6.07) is 7.79. The second-order valence-electron chi connectivity index (χ2n) is 6.04. The molecule has 0 amide bonds. The summed E-state index contributed by atoms with van der Waals surface area (Å²) >= 11 is 1.35. The first-order valence-corrected chi connectivity index (χ1v) is 8.53. The van der Waals surface area contributed by atoms with Gasteiger partial charge in [0.1, 0.15) is 9.71 Å². The minimum atomic E-state index is -0.0410. The number of hydrogen-bond donors (Lipinski definition) is 1. The van der Waals surface area contributed by atoms with Gasteiger partial charge in [0, 0.05) is 18.1 Å². The third-order valence-electron chi connectivity index (χ3n) is 4.07. The molecule has 5 heteroatoms. The maximum absolute atomic E-state index is 13.0. The highest BCUT2D eigenvalue weighted by molar-refractivity contribution is 7.21. The topological polar surface area (TPSA) is 65.2 Å². The lowest BCUT2D eigenvalue weighted by molar-refractivity contribution is 0.104. The molecule has 2 N–H and O–H groups in total. The van der Waals surface area contributed by atoms with Gasteiger partial charge in [-0.1, -0.05) is 23.8 Å². The van der Waals surface area contributed by atoms with Gasteiger partial charge in [-0.25, -0.2) is 4.98 Å². The van der Waals surface area contributed by atoms with Crippen molar-refractivity contribution in [1.82, 2.24) is 4.98 Å². The Morgan fingerprint density at radius 3 is 2.62 bits per heavy atom. The van der Waals surface area contributed by atoms with Crippen LogP contribution in [0.25, 0.3) is 10.2 Å². The van der Waals surface area contributed by atoms with Gasteiger partial charge in [-0.05, 0) is 38.0 Å². The second kappa shape index (κ2) is 6.34. The van der Waals surface area contributed by atoms with Crippen molar-refractivity contribution in [3.05, 3.63) is 57.1 Å². The number of ketones is 1. The van der Waals surface area contributed by atoms with Crippen molar-refractivity contribution in [2.24, 2.45) is 0 Å². The third-order valence-corrected chi connectivity index (χ3v) is 5.17. The molecule has 0 bridgehead atoms. The minimum Gasteiger partial charge on any atom is -0.397 e. The summed E-state index contributed by atoms with van der Waals surface area (Å²) in [6.07, 6.45) is 0. The Kier molecular flexibility index (Phi) is 4.39. The molecule has 3 aromatic rings. The molecular formula is C19H20N2O2S. The molecule has 0 atom stereocenters. The van der Waals surface area contributed by atoms with Crippen LogP contribution in [0.4, 0.5) is 5.69 Å². The van der Waals surface area contributed by atoms with Crippen LogP contribution < -0.4 is 5.73 Å². The summed E-state index contributed by atoms with van der Waals surface area (Å²) in [7, 11) is 1.64. The number of aryl methyl sites for hydroxylation is 3. The summed E-state index contributed by atoms with van der Waals surface area (Å²) in [4.78, 5) is 18.9. The SMILES string of the molecule is COCc1cc(C)c2c(N)c(C(=O)c3ccc(C)cc3C)sc2n1. The van der Waals surface area contributed by atoms with Gasteiger partial charge in [-0.2, -0.15) is 0 Å². The number of rotatable bonds is 4. The number of methoxy groups -OCH3 is 1. The van der Waals surface area contributed by atoms with E-state index in [0.717, 1.165) is 32.6 Å². The molecule has 0 saturated heterocycles. The van der Waals surface area contributed by atoms with Crippen LogP contribution in [0.5, 0.6) is 0 Å². The van der Waals surface area contributed by atoms with Crippen molar-refractivity contribution in [2.75, 3.05) is 12.8 Å². The molecule has 24 heavy (non-hydrogen) atoms. The Bertz CT molecular complexity index is 944. The molecule has 0 saturated carbocycles. The minimum absolute atomic E-state index is 0.0410. The second-order valence-corrected chi connectivity index (χ2v) is 7.04. The number of hydrogen-bond acceptors (Lipinski definition) is 5. The van der Waals surface area contributed by atoms with Gasteiger partial charge in [0.05, 0.1) is 18.0 Å². The molecule has 2 aromatic heterocycles. The van der Waals surface area contributed by atoms with Gasteiger partial charge in [-0.3, -0.25) is 4.79 Å². The van der Waals surface area contributed by atoms with Crippen LogP contribution in [0, 0.1) is 20.8 Å². The van der Waals surface area contributed by atoms with Crippen molar-refractivity contribution in [1.29, 1.82) is 0 Å².